The van der Waals surface area contributed by atoms with Gasteiger partial charge in [-0.15, -0.1) is 0 Å². The second kappa shape index (κ2) is 4.92. The Morgan fingerprint density at radius 3 is 2.71 bits per heavy atom. The highest BCUT2D eigenvalue weighted by molar-refractivity contribution is 5.67. The second-order valence-corrected chi connectivity index (χ2v) is 3.75. The lowest BCUT2D eigenvalue weighted by molar-refractivity contribution is -0.384. The molecule has 90 valence electrons. The number of hydrogen-bond donors (Lipinski definition) is 0. The van der Waals surface area contributed by atoms with Crippen molar-refractivity contribution in [2.24, 2.45) is 0 Å². The predicted octanol–water partition coefficient (Wildman–Crippen LogP) is 0.999. The van der Waals surface area contributed by atoms with Crippen LogP contribution in [0.1, 0.15) is 0 Å². The summed E-state index contributed by atoms with van der Waals surface area (Å²) in [5.74, 6) is 0. The Bertz CT molecular complexity index is 418. The Balaban J connectivity index is 2.20. The van der Waals surface area contributed by atoms with E-state index in [0.717, 1.165) is 12.0 Å². The maximum atomic E-state index is 10.9. The minimum Gasteiger partial charge on any atom is -0.377 e. The van der Waals surface area contributed by atoms with Crippen molar-refractivity contribution < 1.29 is 14.5 Å². The van der Waals surface area contributed by atoms with Crippen LogP contribution in [0.3, 0.4) is 0 Å². The van der Waals surface area contributed by atoms with E-state index in [0.29, 0.717) is 19.8 Å². The topological polar surface area (TPSA) is 72.7 Å². The molecule has 1 heterocycles. The molecule has 0 saturated carbocycles. The summed E-state index contributed by atoms with van der Waals surface area (Å²) >= 11 is 0. The second-order valence-electron chi connectivity index (χ2n) is 3.75. The molecule has 1 aromatic carbocycles. The molecule has 0 radical (unpaired) electrons. The van der Waals surface area contributed by atoms with Gasteiger partial charge in [-0.25, -0.2) is 0 Å². The first kappa shape index (κ1) is 11.5. The number of rotatable bonds is 3. The molecule has 1 aromatic rings. The number of aldehydes is 1. The van der Waals surface area contributed by atoms with Crippen molar-refractivity contribution in [1.29, 1.82) is 0 Å². The summed E-state index contributed by atoms with van der Waals surface area (Å²) in [5, 5.41) is 10.5. The van der Waals surface area contributed by atoms with Crippen molar-refractivity contribution in [2.45, 2.75) is 6.04 Å². The van der Waals surface area contributed by atoms with Crippen LogP contribution in [0, 0.1) is 10.1 Å². The average Bonchev–Trinajstić information content (AvgIpc) is 2.39. The van der Waals surface area contributed by atoms with Crippen molar-refractivity contribution in [3.8, 4) is 0 Å². The van der Waals surface area contributed by atoms with Crippen LogP contribution >= 0.6 is 0 Å². The molecule has 0 bridgehead atoms. The van der Waals surface area contributed by atoms with E-state index in [9.17, 15) is 14.9 Å². The summed E-state index contributed by atoms with van der Waals surface area (Å²) in [6.45, 7) is 1.53. The van der Waals surface area contributed by atoms with Gasteiger partial charge in [-0.05, 0) is 12.1 Å². The molecule has 1 unspecified atom stereocenters. The molecule has 2 rings (SSSR count). The number of nitro benzene ring substituents is 1. The minimum atomic E-state index is -0.444. The monoisotopic (exact) mass is 236 g/mol. The fourth-order valence-corrected chi connectivity index (χ4v) is 1.82. The van der Waals surface area contributed by atoms with Crippen LogP contribution < -0.4 is 4.90 Å². The van der Waals surface area contributed by atoms with E-state index < -0.39 is 4.92 Å². The zero-order valence-electron chi connectivity index (χ0n) is 9.11. The largest absolute Gasteiger partial charge is 0.377 e. The Labute approximate surface area is 97.9 Å². The zero-order valence-corrected chi connectivity index (χ0v) is 9.11. The number of nitro groups is 1. The molecule has 1 aliphatic rings. The van der Waals surface area contributed by atoms with Gasteiger partial charge in [0.25, 0.3) is 5.69 Å². The van der Waals surface area contributed by atoms with Crippen LogP contribution in [-0.2, 0) is 9.53 Å². The molecule has 0 aromatic heterocycles. The number of carbonyl (C=O) groups is 1. The van der Waals surface area contributed by atoms with Crippen molar-refractivity contribution in [1.82, 2.24) is 0 Å². The zero-order chi connectivity index (χ0) is 12.3. The first-order valence-corrected chi connectivity index (χ1v) is 5.26. The molecule has 1 saturated heterocycles. The van der Waals surface area contributed by atoms with Gasteiger partial charge in [0.15, 0.2) is 0 Å². The molecule has 6 heteroatoms. The molecule has 1 fully saturated rings. The van der Waals surface area contributed by atoms with Crippen LogP contribution in [0.15, 0.2) is 24.3 Å². The highest BCUT2D eigenvalue weighted by atomic mass is 16.6. The quantitative estimate of drug-likeness (QED) is 0.444. The number of non-ortho nitro benzene ring substituents is 1. The lowest BCUT2D eigenvalue weighted by Gasteiger charge is -2.34. The summed E-state index contributed by atoms with van der Waals surface area (Å²) in [6.07, 6.45) is 0.834. The third kappa shape index (κ3) is 2.42. The van der Waals surface area contributed by atoms with E-state index in [2.05, 4.69) is 0 Å². The first-order chi connectivity index (χ1) is 8.22. The highest BCUT2D eigenvalue weighted by Gasteiger charge is 2.22. The van der Waals surface area contributed by atoms with Gasteiger partial charge < -0.3 is 14.4 Å². The van der Waals surface area contributed by atoms with Gasteiger partial charge in [-0.1, -0.05) is 0 Å². The van der Waals surface area contributed by atoms with Crippen molar-refractivity contribution in [3.05, 3.63) is 34.4 Å². The van der Waals surface area contributed by atoms with Crippen molar-refractivity contribution >= 4 is 17.7 Å². The van der Waals surface area contributed by atoms with Crippen molar-refractivity contribution in [3.63, 3.8) is 0 Å². The Hall–Kier alpha value is -1.95. The van der Waals surface area contributed by atoms with Crippen LogP contribution in [0.25, 0.3) is 0 Å². The SMILES string of the molecule is O=CC1COCCN1c1ccc([N+](=O)[O-])cc1. The van der Waals surface area contributed by atoms with Gasteiger partial charge in [0, 0.05) is 24.4 Å². The predicted molar refractivity (Wildman–Crippen MR) is 61.1 cm³/mol. The number of benzene rings is 1. The molecular weight excluding hydrogens is 224 g/mol. The van der Waals surface area contributed by atoms with Gasteiger partial charge in [0.05, 0.1) is 18.1 Å². The molecular formula is C11H12N2O4. The van der Waals surface area contributed by atoms with E-state index in [1.807, 2.05) is 4.90 Å². The summed E-state index contributed by atoms with van der Waals surface area (Å²) in [5.41, 5.74) is 0.848. The van der Waals surface area contributed by atoms with Gasteiger partial charge in [-0.3, -0.25) is 10.1 Å². The third-order valence-electron chi connectivity index (χ3n) is 2.71. The van der Waals surface area contributed by atoms with E-state index in [-0.39, 0.29) is 11.7 Å². The van der Waals surface area contributed by atoms with Gasteiger partial charge in [-0.2, -0.15) is 0 Å². The average molecular weight is 236 g/mol. The first-order valence-electron chi connectivity index (χ1n) is 5.26. The molecule has 1 atom stereocenters. The Morgan fingerprint density at radius 2 is 2.12 bits per heavy atom. The molecule has 1 aliphatic heterocycles. The lowest BCUT2D eigenvalue weighted by Crippen LogP contribution is -2.46. The van der Waals surface area contributed by atoms with Crippen molar-refractivity contribution in [2.75, 3.05) is 24.7 Å². The van der Waals surface area contributed by atoms with Gasteiger partial charge in [0.1, 0.15) is 12.3 Å². The summed E-state index contributed by atoms with van der Waals surface area (Å²) in [7, 11) is 0. The lowest BCUT2D eigenvalue weighted by atomic mass is 10.2. The Morgan fingerprint density at radius 1 is 1.41 bits per heavy atom. The number of morpholine rings is 1. The van der Waals surface area contributed by atoms with Crippen LogP contribution in [0.2, 0.25) is 0 Å². The van der Waals surface area contributed by atoms with Crippen LogP contribution in [0.5, 0.6) is 0 Å². The maximum absolute atomic E-state index is 10.9. The Kier molecular flexibility index (Phi) is 3.34. The summed E-state index contributed by atoms with van der Waals surface area (Å²) in [4.78, 5) is 22.9. The molecule has 0 aliphatic carbocycles. The number of ether oxygens (including phenoxy) is 1. The van der Waals surface area contributed by atoms with E-state index >= 15 is 0 Å². The van der Waals surface area contributed by atoms with E-state index in [1.165, 1.54) is 12.1 Å². The van der Waals surface area contributed by atoms with E-state index in [4.69, 9.17) is 4.74 Å². The summed E-state index contributed by atoms with van der Waals surface area (Å²) in [6, 6.07) is 5.87. The molecule has 0 amide bonds. The van der Waals surface area contributed by atoms with Crippen LogP contribution in [0.4, 0.5) is 11.4 Å². The standard InChI is InChI=1S/C11H12N2O4/c14-7-11-8-17-6-5-12(11)9-1-3-10(4-2-9)13(15)16/h1-4,7,11H,5-6,8H2. The molecule has 0 spiro atoms. The smallest absolute Gasteiger partial charge is 0.269 e. The normalized spacial score (nSPS) is 20.0. The number of hydrogen-bond acceptors (Lipinski definition) is 5. The fraction of sp³-hybridized carbons (Fsp3) is 0.364. The molecule has 17 heavy (non-hydrogen) atoms. The number of anilines is 1. The van der Waals surface area contributed by atoms with E-state index in [1.54, 1.807) is 12.1 Å². The molecule has 0 N–H and O–H groups in total. The van der Waals surface area contributed by atoms with Gasteiger partial charge in [0.2, 0.25) is 0 Å². The third-order valence-corrected chi connectivity index (χ3v) is 2.71. The fourth-order valence-electron chi connectivity index (χ4n) is 1.82. The number of carbonyl (C=O) groups excluding carboxylic acids is 1. The highest BCUT2D eigenvalue weighted by Crippen LogP contribution is 2.22. The minimum absolute atomic E-state index is 0.0460. The van der Waals surface area contributed by atoms with Crippen LogP contribution in [-0.4, -0.2) is 37.0 Å². The summed E-state index contributed by atoms with van der Waals surface area (Å²) < 4.78 is 5.21. The molecule has 6 nitrogen and oxygen atoms in total. The van der Waals surface area contributed by atoms with Gasteiger partial charge >= 0.3 is 0 Å². The maximum Gasteiger partial charge on any atom is 0.269 e. The number of nitrogens with zero attached hydrogens (tertiary/aromatic N) is 2.